The van der Waals surface area contributed by atoms with Gasteiger partial charge in [0.1, 0.15) is 12.6 Å². The number of benzene rings is 2. The Morgan fingerprint density at radius 1 is 1.03 bits per heavy atom. The maximum Gasteiger partial charge on any atom is 0.244 e. The Kier molecular flexibility index (Phi) is 8.38. The van der Waals surface area contributed by atoms with Gasteiger partial charge in [-0.1, -0.05) is 37.3 Å². The summed E-state index contributed by atoms with van der Waals surface area (Å²) < 4.78 is 37.8. The normalized spacial score (nSPS) is 13.3. The maximum atomic E-state index is 13.6. The summed E-state index contributed by atoms with van der Waals surface area (Å²) in [5.41, 5.74) is 1.14. The predicted octanol–water partition coefficient (Wildman–Crippen LogP) is 2.51. The van der Waals surface area contributed by atoms with E-state index in [4.69, 9.17) is 9.47 Å². The van der Waals surface area contributed by atoms with E-state index < -0.39 is 28.5 Å². The molecule has 34 heavy (non-hydrogen) atoms. The number of carbonyl (C=O) groups excluding carboxylic acids is 2. The number of nitrogens with one attached hydrogen (secondary N) is 1. The number of carbonyl (C=O) groups is 2. The molecule has 2 amide bonds. The smallest absolute Gasteiger partial charge is 0.244 e. The van der Waals surface area contributed by atoms with Gasteiger partial charge in [-0.05, 0) is 38.0 Å². The van der Waals surface area contributed by atoms with Crippen molar-refractivity contribution in [2.24, 2.45) is 0 Å². The lowest BCUT2D eigenvalue weighted by molar-refractivity contribution is -0.140. The van der Waals surface area contributed by atoms with Crippen molar-refractivity contribution in [2.45, 2.75) is 39.8 Å². The average Bonchev–Trinajstić information content (AvgIpc) is 3.31. The molecule has 0 aromatic heterocycles. The first-order valence-corrected chi connectivity index (χ1v) is 12.9. The van der Waals surface area contributed by atoms with Crippen molar-refractivity contribution in [1.82, 2.24) is 10.2 Å². The monoisotopic (exact) mass is 489 g/mol. The lowest BCUT2D eigenvalue weighted by Gasteiger charge is -2.33. The molecular weight excluding hydrogens is 458 g/mol. The van der Waals surface area contributed by atoms with Crippen LogP contribution in [0.1, 0.15) is 32.8 Å². The summed E-state index contributed by atoms with van der Waals surface area (Å²) >= 11 is 0. The first kappa shape index (κ1) is 25.4. The summed E-state index contributed by atoms with van der Waals surface area (Å²) in [7, 11) is -3.81. The number of amides is 2. The number of nitrogens with zero attached hydrogens (tertiary/aromatic N) is 2. The largest absolute Gasteiger partial charge is 0.454 e. The predicted molar refractivity (Wildman–Crippen MR) is 129 cm³/mol. The zero-order valence-corrected chi connectivity index (χ0v) is 20.5. The molecular formula is C24H31N3O6S. The van der Waals surface area contributed by atoms with Gasteiger partial charge in [-0.2, -0.15) is 0 Å². The zero-order valence-electron chi connectivity index (χ0n) is 19.7. The minimum Gasteiger partial charge on any atom is -0.454 e. The summed E-state index contributed by atoms with van der Waals surface area (Å²) in [6.45, 7) is 5.36. The second-order valence-corrected chi connectivity index (χ2v) is 9.95. The molecule has 3 rings (SSSR count). The fraction of sp³-hybridized carbons (Fsp3) is 0.417. The first-order valence-electron chi connectivity index (χ1n) is 11.3. The molecule has 9 nitrogen and oxygen atoms in total. The van der Waals surface area contributed by atoms with Crippen molar-refractivity contribution >= 4 is 27.5 Å². The van der Waals surface area contributed by atoms with Crippen LogP contribution in [-0.4, -0.2) is 56.8 Å². The van der Waals surface area contributed by atoms with Gasteiger partial charge >= 0.3 is 0 Å². The van der Waals surface area contributed by atoms with Crippen LogP contribution in [-0.2, 0) is 26.2 Å². The van der Waals surface area contributed by atoms with Gasteiger partial charge in [0, 0.05) is 19.2 Å². The number of fused-ring (bicyclic) bond motifs is 1. The van der Waals surface area contributed by atoms with E-state index in [2.05, 4.69) is 5.32 Å². The fourth-order valence-corrected chi connectivity index (χ4v) is 4.81. The SMILES string of the molecule is CCNC(=O)[C@@H](CC)N(Cc1ccccc1)C(=O)CN(c1ccc2c(c1)OCO2)S(=O)(=O)CC. The van der Waals surface area contributed by atoms with Crippen LogP contribution < -0.4 is 19.1 Å². The molecule has 1 heterocycles. The molecule has 2 aromatic rings. The first-order chi connectivity index (χ1) is 16.3. The van der Waals surface area contributed by atoms with Crippen molar-refractivity contribution in [1.29, 1.82) is 0 Å². The van der Waals surface area contributed by atoms with E-state index in [1.54, 1.807) is 18.2 Å². The molecule has 0 unspecified atom stereocenters. The van der Waals surface area contributed by atoms with Crippen LogP contribution in [0.5, 0.6) is 11.5 Å². The molecule has 1 aliphatic heterocycles. The van der Waals surface area contributed by atoms with E-state index in [0.29, 0.717) is 30.2 Å². The zero-order chi connectivity index (χ0) is 24.7. The van der Waals surface area contributed by atoms with E-state index in [-0.39, 0.29) is 25.0 Å². The molecule has 1 aliphatic rings. The third-order valence-corrected chi connectivity index (χ3v) is 7.30. The molecule has 10 heteroatoms. The number of hydrogen-bond donors (Lipinski definition) is 1. The van der Waals surface area contributed by atoms with E-state index in [9.17, 15) is 18.0 Å². The molecule has 0 fully saturated rings. The summed E-state index contributed by atoms with van der Waals surface area (Å²) in [5, 5.41) is 2.78. The van der Waals surface area contributed by atoms with Crippen LogP contribution in [0.4, 0.5) is 5.69 Å². The highest BCUT2D eigenvalue weighted by Gasteiger charge is 2.32. The molecule has 1 atom stereocenters. The molecule has 0 spiro atoms. The second kappa shape index (κ2) is 11.2. The van der Waals surface area contributed by atoms with Gasteiger partial charge in [0.15, 0.2) is 11.5 Å². The van der Waals surface area contributed by atoms with Gasteiger partial charge in [0.25, 0.3) is 0 Å². The minimum atomic E-state index is -3.81. The number of rotatable bonds is 11. The Balaban J connectivity index is 1.95. The van der Waals surface area contributed by atoms with Gasteiger partial charge in [-0.25, -0.2) is 8.42 Å². The summed E-state index contributed by atoms with van der Waals surface area (Å²) in [4.78, 5) is 27.9. The molecule has 0 aliphatic carbocycles. The Labute approximate surface area is 200 Å². The summed E-state index contributed by atoms with van der Waals surface area (Å²) in [6.07, 6.45) is 0.384. The molecule has 0 bridgehead atoms. The van der Waals surface area contributed by atoms with Crippen LogP contribution in [0, 0.1) is 0 Å². The number of likely N-dealkylation sites (N-methyl/N-ethyl adjacent to an activating group) is 1. The summed E-state index contributed by atoms with van der Waals surface area (Å²) in [6, 6.07) is 13.3. The van der Waals surface area contributed by atoms with E-state index >= 15 is 0 Å². The molecule has 2 aromatic carbocycles. The Morgan fingerprint density at radius 3 is 2.38 bits per heavy atom. The highest BCUT2D eigenvalue weighted by molar-refractivity contribution is 7.92. The van der Waals surface area contributed by atoms with Crippen molar-refractivity contribution in [3.8, 4) is 11.5 Å². The number of sulfonamides is 1. The van der Waals surface area contributed by atoms with Gasteiger partial charge < -0.3 is 19.7 Å². The minimum absolute atomic E-state index is 0.0494. The number of anilines is 1. The van der Waals surface area contributed by atoms with Crippen molar-refractivity contribution < 1.29 is 27.5 Å². The Bertz CT molecular complexity index is 1110. The lowest BCUT2D eigenvalue weighted by atomic mass is 10.1. The fourth-order valence-electron chi connectivity index (χ4n) is 3.75. The number of hydrogen-bond acceptors (Lipinski definition) is 6. The van der Waals surface area contributed by atoms with Gasteiger partial charge in [-0.3, -0.25) is 13.9 Å². The van der Waals surface area contributed by atoms with Crippen LogP contribution >= 0.6 is 0 Å². The van der Waals surface area contributed by atoms with E-state index in [0.717, 1.165) is 9.87 Å². The third kappa shape index (κ3) is 5.80. The standard InChI is InChI=1S/C24H31N3O6S/c1-4-20(24(29)25-5-2)26(15-18-10-8-7-9-11-18)23(28)16-27(34(30,31)6-3)19-12-13-21-22(14-19)33-17-32-21/h7-14,20H,4-6,15-17H2,1-3H3,(H,25,29)/t20-/m1/s1. The topological polar surface area (TPSA) is 105 Å². The van der Waals surface area contributed by atoms with Crippen LogP contribution in [0.15, 0.2) is 48.5 Å². The van der Waals surface area contributed by atoms with Crippen molar-refractivity contribution in [3.05, 3.63) is 54.1 Å². The molecule has 0 saturated heterocycles. The second-order valence-electron chi connectivity index (χ2n) is 7.77. The average molecular weight is 490 g/mol. The highest BCUT2D eigenvalue weighted by Crippen LogP contribution is 2.36. The molecule has 0 radical (unpaired) electrons. The van der Waals surface area contributed by atoms with Gasteiger partial charge in [0.2, 0.25) is 28.6 Å². The van der Waals surface area contributed by atoms with E-state index in [1.807, 2.05) is 44.2 Å². The Hall–Kier alpha value is -3.27. The van der Waals surface area contributed by atoms with Gasteiger partial charge in [0.05, 0.1) is 11.4 Å². The molecule has 1 N–H and O–H groups in total. The van der Waals surface area contributed by atoms with Crippen LogP contribution in [0.3, 0.4) is 0 Å². The van der Waals surface area contributed by atoms with Crippen LogP contribution in [0.2, 0.25) is 0 Å². The molecule has 184 valence electrons. The van der Waals surface area contributed by atoms with Gasteiger partial charge in [-0.15, -0.1) is 0 Å². The van der Waals surface area contributed by atoms with Crippen molar-refractivity contribution in [2.75, 3.05) is 29.9 Å². The maximum absolute atomic E-state index is 13.6. The van der Waals surface area contributed by atoms with E-state index in [1.165, 1.54) is 11.8 Å². The summed E-state index contributed by atoms with van der Waals surface area (Å²) in [5.74, 6) is -0.0204. The lowest BCUT2D eigenvalue weighted by Crippen LogP contribution is -2.52. The van der Waals surface area contributed by atoms with Crippen LogP contribution in [0.25, 0.3) is 0 Å². The molecule has 0 saturated carbocycles. The van der Waals surface area contributed by atoms with Crippen molar-refractivity contribution in [3.63, 3.8) is 0 Å². The quantitative estimate of drug-likeness (QED) is 0.520. The number of ether oxygens (including phenoxy) is 2. The Morgan fingerprint density at radius 2 is 1.74 bits per heavy atom. The highest BCUT2D eigenvalue weighted by atomic mass is 32.2. The third-order valence-electron chi connectivity index (χ3n) is 5.56.